The van der Waals surface area contributed by atoms with E-state index in [1.807, 2.05) is 64.1 Å². The van der Waals surface area contributed by atoms with Crippen LogP contribution < -0.4 is 10.6 Å². The molecule has 2 aromatic carbocycles. The average Bonchev–Trinajstić information content (AvgIpc) is 3.19. The van der Waals surface area contributed by atoms with Crippen molar-refractivity contribution >= 4 is 11.8 Å². The lowest BCUT2D eigenvalue weighted by Crippen LogP contribution is -2.35. The minimum absolute atomic E-state index is 0.130. The quantitative estimate of drug-likeness (QED) is 0.517. The van der Waals surface area contributed by atoms with Gasteiger partial charge in [0.2, 0.25) is 0 Å². The van der Waals surface area contributed by atoms with Gasteiger partial charge in [-0.2, -0.15) is 5.10 Å². The zero-order valence-electron chi connectivity index (χ0n) is 19.9. The molecule has 3 rings (SSSR count). The zero-order chi connectivity index (χ0) is 24.0. The molecule has 1 aromatic heterocycles. The number of benzene rings is 2. The highest BCUT2D eigenvalue weighted by Crippen LogP contribution is 2.26. The van der Waals surface area contributed by atoms with Crippen molar-refractivity contribution in [2.75, 3.05) is 20.3 Å². The summed E-state index contributed by atoms with van der Waals surface area (Å²) in [6.07, 6.45) is 0.851. The summed E-state index contributed by atoms with van der Waals surface area (Å²) in [5.74, 6) is -0.403. The lowest BCUT2D eigenvalue weighted by molar-refractivity contribution is 0.0904. The van der Waals surface area contributed by atoms with E-state index in [0.717, 1.165) is 28.8 Å². The predicted octanol–water partition coefficient (Wildman–Crippen LogP) is 4.06. The van der Waals surface area contributed by atoms with Crippen molar-refractivity contribution in [1.82, 2.24) is 20.4 Å². The van der Waals surface area contributed by atoms with Gasteiger partial charge in [-0.3, -0.25) is 9.59 Å². The van der Waals surface area contributed by atoms with Crippen molar-refractivity contribution in [1.29, 1.82) is 0 Å². The molecule has 0 aliphatic carbocycles. The number of methoxy groups -OCH3 is 1. The van der Waals surface area contributed by atoms with Gasteiger partial charge >= 0.3 is 0 Å². The van der Waals surface area contributed by atoms with Gasteiger partial charge in [-0.15, -0.1) is 0 Å². The van der Waals surface area contributed by atoms with Crippen LogP contribution in [0.15, 0.2) is 48.5 Å². The Kier molecular flexibility index (Phi) is 8.01. The smallest absolute Gasteiger partial charge is 0.271 e. The van der Waals surface area contributed by atoms with Gasteiger partial charge in [0.1, 0.15) is 0 Å². The normalized spacial score (nSPS) is 11.8. The maximum Gasteiger partial charge on any atom is 0.271 e. The number of hydrogen-bond acceptors (Lipinski definition) is 4. The van der Waals surface area contributed by atoms with E-state index in [2.05, 4.69) is 15.7 Å². The van der Waals surface area contributed by atoms with Gasteiger partial charge in [0.15, 0.2) is 5.69 Å². The first-order valence-corrected chi connectivity index (χ1v) is 11.2. The number of rotatable bonds is 9. The van der Waals surface area contributed by atoms with Gasteiger partial charge in [0, 0.05) is 31.0 Å². The van der Waals surface area contributed by atoms with Gasteiger partial charge in [-0.25, -0.2) is 4.68 Å². The van der Waals surface area contributed by atoms with Gasteiger partial charge in [-0.05, 0) is 62.6 Å². The van der Waals surface area contributed by atoms with Crippen molar-refractivity contribution in [2.45, 2.75) is 40.2 Å². The molecule has 33 heavy (non-hydrogen) atoms. The molecule has 1 atom stereocenters. The predicted molar refractivity (Wildman–Crippen MR) is 130 cm³/mol. The Labute approximate surface area is 195 Å². The molecular weight excluding hydrogens is 416 g/mol. The summed E-state index contributed by atoms with van der Waals surface area (Å²) in [4.78, 5) is 25.4. The maximum absolute atomic E-state index is 13.0. The second-order valence-corrected chi connectivity index (χ2v) is 8.30. The Morgan fingerprint density at radius 2 is 1.76 bits per heavy atom. The van der Waals surface area contributed by atoms with Crippen LogP contribution in [0.2, 0.25) is 0 Å². The molecule has 0 fully saturated rings. The number of amides is 2. The third-order valence-electron chi connectivity index (χ3n) is 5.26. The maximum atomic E-state index is 13.0. The minimum atomic E-state index is -0.209. The molecule has 0 saturated carbocycles. The molecule has 174 valence electrons. The third kappa shape index (κ3) is 6.08. The third-order valence-corrected chi connectivity index (χ3v) is 5.26. The number of carbonyl (C=O) groups is 2. The molecule has 0 radical (unpaired) electrons. The molecule has 0 aliphatic heterocycles. The van der Waals surface area contributed by atoms with Gasteiger partial charge in [0.25, 0.3) is 11.8 Å². The van der Waals surface area contributed by atoms with Crippen LogP contribution in [0, 0.1) is 13.8 Å². The van der Waals surface area contributed by atoms with E-state index in [-0.39, 0.29) is 17.9 Å². The fourth-order valence-electron chi connectivity index (χ4n) is 3.55. The largest absolute Gasteiger partial charge is 0.383 e. The van der Waals surface area contributed by atoms with Crippen LogP contribution in [0.4, 0.5) is 0 Å². The number of hydrogen-bond donors (Lipinski definition) is 2. The monoisotopic (exact) mass is 448 g/mol. The molecule has 3 aromatic rings. The SMILES string of the molecule is CCCNC(=O)c1cc(C)n(-c2cc(C(=O)NC(C)COC)cc(-c3ccc(C)cc3)c2)n1. The van der Waals surface area contributed by atoms with Crippen LogP contribution in [-0.4, -0.2) is 47.9 Å². The summed E-state index contributed by atoms with van der Waals surface area (Å²) in [6.45, 7) is 8.84. The summed E-state index contributed by atoms with van der Waals surface area (Å²) in [6, 6.07) is 15.4. The van der Waals surface area contributed by atoms with Crippen molar-refractivity contribution in [3.63, 3.8) is 0 Å². The van der Waals surface area contributed by atoms with Crippen molar-refractivity contribution in [3.05, 3.63) is 71.0 Å². The molecule has 7 heteroatoms. The second-order valence-electron chi connectivity index (χ2n) is 8.30. The molecule has 0 spiro atoms. The highest BCUT2D eigenvalue weighted by Gasteiger charge is 2.17. The molecule has 1 heterocycles. The number of ether oxygens (including phenoxy) is 1. The fraction of sp³-hybridized carbons (Fsp3) is 0.346. The molecule has 7 nitrogen and oxygen atoms in total. The molecule has 0 bridgehead atoms. The van der Waals surface area contributed by atoms with Gasteiger partial charge in [-0.1, -0.05) is 36.8 Å². The first kappa shape index (κ1) is 24.2. The van der Waals surface area contributed by atoms with E-state index in [9.17, 15) is 9.59 Å². The standard InChI is InChI=1S/C26H32N4O3/c1-6-11-27-26(32)24-12-19(4)30(29-24)23-14-21(20-9-7-17(2)8-10-20)13-22(15-23)25(31)28-18(3)16-33-5/h7-10,12-15,18H,6,11,16H2,1-5H3,(H,27,32)(H,28,31). The molecular formula is C26H32N4O3. The van der Waals surface area contributed by atoms with Crippen molar-refractivity contribution in [3.8, 4) is 16.8 Å². The summed E-state index contributed by atoms with van der Waals surface area (Å²) < 4.78 is 6.84. The second kappa shape index (κ2) is 10.9. The Balaban J connectivity index is 2.04. The zero-order valence-corrected chi connectivity index (χ0v) is 19.9. The Hall–Kier alpha value is -3.45. The number of aromatic nitrogens is 2. The first-order valence-electron chi connectivity index (χ1n) is 11.2. The van der Waals surface area contributed by atoms with Crippen molar-refractivity contribution < 1.29 is 14.3 Å². The van der Waals surface area contributed by atoms with E-state index >= 15 is 0 Å². The number of nitrogens with zero attached hydrogens (tertiary/aromatic N) is 2. The van der Waals surface area contributed by atoms with Crippen LogP contribution in [0.1, 0.15) is 52.4 Å². The molecule has 2 N–H and O–H groups in total. The molecule has 0 aliphatic rings. The van der Waals surface area contributed by atoms with Crippen molar-refractivity contribution in [2.24, 2.45) is 0 Å². The first-order chi connectivity index (χ1) is 15.8. The van der Waals surface area contributed by atoms with E-state index in [4.69, 9.17) is 4.74 Å². The van der Waals surface area contributed by atoms with E-state index in [1.54, 1.807) is 23.9 Å². The number of nitrogens with one attached hydrogen (secondary N) is 2. The molecule has 2 amide bonds. The highest BCUT2D eigenvalue weighted by atomic mass is 16.5. The Bertz CT molecular complexity index is 1120. The Morgan fingerprint density at radius 3 is 2.42 bits per heavy atom. The van der Waals surface area contributed by atoms with E-state index in [0.29, 0.717) is 30.1 Å². The summed E-state index contributed by atoms with van der Waals surface area (Å²) >= 11 is 0. The molecule has 1 unspecified atom stereocenters. The lowest BCUT2D eigenvalue weighted by Gasteiger charge is -2.15. The minimum Gasteiger partial charge on any atom is -0.383 e. The lowest BCUT2D eigenvalue weighted by atomic mass is 10.0. The van der Waals surface area contributed by atoms with Gasteiger partial charge in [0.05, 0.1) is 12.3 Å². The molecule has 0 saturated heterocycles. The fourth-order valence-corrected chi connectivity index (χ4v) is 3.55. The number of aryl methyl sites for hydroxylation is 2. The highest BCUT2D eigenvalue weighted by molar-refractivity contribution is 5.96. The number of carbonyl (C=O) groups excluding carboxylic acids is 2. The van der Waals surface area contributed by atoms with E-state index < -0.39 is 0 Å². The van der Waals surface area contributed by atoms with Crippen LogP contribution in [0.5, 0.6) is 0 Å². The summed E-state index contributed by atoms with van der Waals surface area (Å²) in [5, 5.41) is 10.3. The Morgan fingerprint density at radius 1 is 1.03 bits per heavy atom. The summed E-state index contributed by atoms with van der Waals surface area (Å²) in [7, 11) is 1.60. The average molecular weight is 449 g/mol. The topological polar surface area (TPSA) is 85.2 Å². The van der Waals surface area contributed by atoms with Crippen LogP contribution in [-0.2, 0) is 4.74 Å². The summed E-state index contributed by atoms with van der Waals surface area (Å²) in [5.41, 5.74) is 5.42. The van der Waals surface area contributed by atoms with Crippen LogP contribution in [0.25, 0.3) is 16.8 Å². The van der Waals surface area contributed by atoms with Gasteiger partial charge < -0.3 is 15.4 Å². The van der Waals surface area contributed by atoms with E-state index in [1.165, 1.54) is 0 Å². The van der Waals surface area contributed by atoms with Crippen LogP contribution in [0.3, 0.4) is 0 Å². The van der Waals surface area contributed by atoms with Crippen LogP contribution >= 0.6 is 0 Å².